The van der Waals surface area contributed by atoms with Crippen molar-refractivity contribution in [3.63, 3.8) is 0 Å². The van der Waals surface area contributed by atoms with E-state index in [4.69, 9.17) is 11.6 Å². The third-order valence-electron chi connectivity index (χ3n) is 4.97. The first-order chi connectivity index (χ1) is 14.5. The molecule has 2 aromatic carbocycles. The lowest BCUT2D eigenvalue weighted by Crippen LogP contribution is -2.33. The first-order valence-corrected chi connectivity index (χ1v) is 10.7. The number of nitrogens with zero attached hydrogens (tertiary/aromatic N) is 2. The maximum atomic E-state index is 12.8. The molecule has 1 aromatic heterocycles. The number of thiazole rings is 1. The highest BCUT2D eigenvalue weighted by Crippen LogP contribution is 2.33. The van der Waals surface area contributed by atoms with E-state index in [0.717, 1.165) is 21.6 Å². The minimum atomic E-state index is -0.341. The SMILES string of the molecule is CC(=O)N1C=Cc2ccccc2C1CC(=O)Nc1ncc(Cc2ccccc2Cl)s1. The van der Waals surface area contributed by atoms with Crippen molar-refractivity contribution in [3.8, 4) is 0 Å². The van der Waals surface area contributed by atoms with Crippen LogP contribution in [0.2, 0.25) is 5.02 Å². The Morgan fingerprint density at radius 2 is 1.93 bits per heavy atom. The van der Waals surface area contributed by atoms with Gasteiger partial charge >= 0.3 is 0 Å². The Morgan fingerprint density at radius 1 is 1.17 bits per heavy atom. The Labute approximate surface area is 184 Å². The monoisotopic (exact) mass is 437 g/mol. The van der Waals surface area contributed by atoms with Gasteiger partial charge in [-0.1, -0.05) is 54.1 Å². The van der Waals surface area contributed by atoms with Crippen LogP contribution in [0.15, 0.2) is 60.9 Å². The number of halogens is 1. The summed E-state index contributed by atoms with van der Waals surface area (Å²) in [4.78, 5) is 31.8. The highest BCUT2D eigenvalue weighted by molar-refractivity contribution is 7.15. The van der Waals surface area contributed by atoms with Gasteiger partial charge in [-0.05, 0) is 28.8 Å². The van der Waals surface area contributed by atoms with Gasteiger partial charge in [0.1, 0.15) is 0 Å². The first-order valence-electron chi connectivity index (χ1n) is 9.55. The van der Waals surface area contributed by atoms with Crippen molar-refractivity contribution in [1.82, 2.24) is 9.88 Å². The summed E-state index contributed by atoms with van der Waals surface area (Å²) >= 11 is 7.65. The van der Waals surface area contributed by atoms with Crippen LogP contribution in [0.4, 0.5) is 5.13 Å². The summed E-state index contributed by atoms with van der Waals surface area (Å²) < 4.78 is 0. The van der Waals surface area contributed by atoms with E-state index in [2.05, 4.69) is 10.3 Å². The summed E-state index contributed by atoms with van der Waals surface area (Å²) in [5.41, 5.74) is 3.00. The maximum Gasteiger partial charge on any atom is 0.228 e. The number of aromatic nitrogens is 1. The summed E-state index contributed by atoms with van der Waals surface area (Å²) in [5.74, 6) is -0.287. The minimum absolute atomic E-state index is 0.102. The summed E-state index contributed by atoms with van der Waals surface area (Å²) in [6, 6.07) is 15.1. The molecule has 1 N–H and O–H groups in total. The van der Waals surface area contributed by atoms with Gasteiger partial charge in [-0.15, -0.1) is 11.3 Å². The predicted octanol–water partition coefficient (Wildman–Crippen LogP) is 5.29. The van der Waals surface area contributed by atoms with Gasteiger partial charge in [0, 0.05) is 35.6 Å². The minimum Gasteiger partial charge on any atom is -0.311 e. The molecule has 1 unspecified atom stereocenters. The number of anilines is 1. The lowest BCUT2D eigenvalue weighted by atomic mass is 9.93. The number of carbonyl (C=O) groups is 2. The van der Waals surface area contributed by atoms with Gasteiger partial charge in [0.25, 0.3) is 0 Å². The van der Waals surface area contributed by atoms with Crippen LogP contribution in [-0.4, -0.2) is 21.7 Å². The second-order valence-corrected chi connectivity index (χ2v) is 8.56. The Bertz CT molecular complexity index is 1120. The summed E-state index contributed by atoms with van der Waals surface area (Å²) in [7, 11) is 0. The number of fused-ring (bicyclic) bond motifs is 1. The van der Waals surface area contributed by atoms with Crippen molar-refractivity contribution in [3.05, 3.63) is 87.5 Å². The third kappa shape index (κ3) is 4.45. The predicted molar refractivity (Wildman–Crippen MR) is 120 cm³/mol. The standard InChI is InChI=1S/C23H20ClN3O2S/c1-15(28)27-11-10-16-6-2-4-8-19(16)21(27)13-22(29)26-23-25-14-18(30-23)12-17-7-3-5-9-20(17)24/h2-11,14,21H,12-13H2,1H3,(H,25,26,29). The Balaban J connectivity index is 1.45. The lowest BCUT2D eigenvalue weighted by molar-refractivity contribution is -0.129. The van der Waals surface area contributed by atoms with E-state index in [1.54, 1.807) is 17.3 Å². The molecule has 7 heteroatoms. The highest BCUT2D eigenvalue weighted by Gasteiger charge is 2.28. The molecule has 0 bridgehead atoms. The van der Waals surface area contributed by atoms with E-state index in [1.807, 2.05) is 54.6 Å². The van der Waals surface area contributed by atoms with Gasteiger partial charge in [0.2, 0.25) is 11.8 Å². The molecular weight excluding hydrogens is 418 g/mol. The van der Waals surface area contributed by atoms with Gasteiger partial charge in [-0.3, -0.25) is 9.59 Å². The van der Waals surface area contributed by atoms with Crippen LogP contribution in [0, 0.1) is 0 Å². The van der Waals surface area contributed by atoms with E-state index in [9.17, 15) is 9.59 Å². The Morgan fingerprint density at radius 3 is 2.73 bits per heavy atom. The number of carbonyl (C=O) groups excluding carboxylic acids is 2. The number of benzene rings is 2. The van der Waals surface area contributed by atoms with Crippen molar-refractivity contribution in [2.75, 3.05) is 5.32 Å². The first kappa shape index (κ1) is 20.3. The van der Waals surface area contributed by atoms with Gasteiger partial charge < -0.3 is 10.2 Å². The van der Waals surface area contributed by atoms with Crippen molar-refractivity contribution in [1.29, 1.82) is 0 Å². The zero-order valence-corrected chi connectivity index (χ0v) is 17.9. The fraction of sp³-hybridized carbons (Fsp3) is 0.174. The van der Waals surface area contributed by atoms with Crippen LogP contribution in [0.25, 0.3) is 6.08 Å². The lowest BCUT2D eigenvalue weighted by Gasteiger charge is -2.32. The van der Waals surface area contributed by atoms with Gasteiger partial charge in [0.15, 0.2) is 5.13 Å². The quantitative estimate of drug-likeness (QED) is 0.589. The molecule has 0 aliphatic carbocycles. The molecule has 3 aromatic rings. The smallest absolute Gasteiger partial charge is 0.228 e. The second-order valence-electron chi connectivity index (χ2n) is 7.04. The van der Waals surface area contributed by atoms with Crippen LogP contribution in [0.1, 0.15) is 41.0 Å². The summed E-state index contributed by atoms with van der Waals surface area (Å²) in [6.45, 7) is 1.50. The molecule has 0 spiro atoms. The normalized spacial score (nSPS) is 15.0. The van der Waals surface area contributed by atoms with Crippen molar-refractivity contribution in [2.24, 2.45) is 0 Å². The number of nitrogens with one attached hydrogen (secondary N) is 1. The van der Waals surface area contributed by atoms with Crippen molar-refractivity contribution >= 4 is 46.0 Å². The molecule has 0 fully saturated rings. The fourth-order valence-electron chi connectivity index (χ4n) is 3.54. The van der Waals surface area contributed by atoms with Gasteiger partial charge in [-0.25, -0.2) is 4.98 Å². The van der Waals surface area contributed by atoms with E-state index in [-0.39, 0.29) is 24.3 Å². The van der Waals surface area contributed by atoms with Crippen molar-refractivity contribution in [2.45, 2.75) is 25.8 Å². The average molecular weight is 438 g/mol. The highest BCUT2D eigenvalue weighted by atomic mass is 35.5. The molecule has 4 rings (SSSR count). The van der Waals surface area contributed by atoms with Gasteiger partial charge in [-0.2, -0.15) is 0 Å². The number of amides is 2. The van der Waals surface area contributed by atoms with E-state index in [0.29, 0.717) is 16.6 Å². The van der Waals surface area contributed by atoms with Crippen LogP contribution in [0.3, 0.4) is 0 Å². The van der Waals surface area contributed by atoms with Crippen LogP contribution >= 0.6 is 22.9 Å². The zero-order chi connectivity index (χ0) is 21.1. The van der Waals surface area contributed by atoms with E-state index in [1.165, 1.54) is 18.3 Å². The van der Waals surface area contributed by atoms with E-state index < -0.39 is 0 Å². The fourth-order valence-corrected chi connectivity index (χ4v) is 4.59. The zero-order valence-electron chi connectivity index (χ0n) is 16.3. The topological polar surface area (TPSA) is 62.3 Å². The molecule has 1 aliphatic rings. The summed E-state index contributed by atoms with van der Waals surface area (Å²) in [5, 5.41) is 4.12. The molecule has 30 heavy (non-hydrogen) atoms. The molecule has 0 radical (unpaired) electrons. The Kier molecular flexibility index (Phi) is 5.97. The molecule has 2 amide bonds. The summed E-state index contributed by atoms with van der Waals surface area (Å²) in [6.07, 6.45) is 6.21. The van der Waals surface area contributed by atoms with Crippen molar-refractivity contribution < 1.29 is 9.59 Å². The molecular formula is C23H20ClN3O2S. The molecule has 152 valence electrons. The van der Waals surface area contributed by atoms with E-state index >= 15 is 0 Å². The molecule has 2 heterocycles. The van der Waals surface area contributed by atoms with Crippen LogP contribution in [0.5, 0.6) is 0 Å². The molecule has 1 aliphatic heterocycles. The largest absolute Gasteiger partial charge is 0.311 e. The third-order valence-corrected chi connectivity index (χ3v) is 6.25. The molecule has 1 atom stereocenters. The molecule has 5 nitrogen and oxygen atoms in total. The maximum absolute atomic E-state index is 12.8. The average Bonchev–Trinajstić information content (AvgIpc) is 3.16. The number of rotatable bonds is 5. The number of hydrogen-bond acceptors (Lipinski definition) is 4. The Hall–Kier alpha value is -2.96. The van der Waals surface area contributed by atoms with Crippen LogP contribution < -0.4 is 5.32 Å². The van der Waals surface area contributed by atoms with Crippen LogP contribution in [-0.2, 0) is 16.0 Å². The molecule has 0 saturated heterocycles. The second kappa shape index (κ2) is 8.81. The van der Waals surface area contributed by atoms with Gasteiger partial charge in [0.05, 0.1) is 12.5 Å². The number of hydrogen-bond donors (Lipinski definition) is 1. The molecule has 0 saturated carbocycles.